The highest BCUT2D eigenvalue weighted by molar-refractivity contribution is 9.11. The van der Waals surface area contributed by atoms with Crippen molar-refractivity contribution in [3.8, 4) is 5.75 Å². The molecule has 0 bridgehead atoms. The topological polar surface area (TPSA) is 55.0 Å². The SMILES string of the molecule is COc1ccc2nc(SCC(=O)c3ccc(Br)s3)[nH]c2c1. The summed E-state index contributed by atoms with van der Waals surface area (Å²) >= 11 is 6.22. The number of Topliss-reactive ketones (excluding diaryl/α,β-unsaturated/α-hetero) is 1. The van der Waals surface area contributed by atoms with Crippen LogP contribution in [0, 0.1) is 0 Å². The van der Waals surface area contributed by atoms with Gasteiger partial charge in [-0.3, -0.25) is 4.79 Å². The number of imidazole rings is 1. The molecule has 7 heteroatoms. The summed E-state index contributed by atoms with van der Waals surface area (Å²) in [5, 5.41) is 0.738. The Morgan fingerprint density at radius 1 is 1.43 bits per heavy atom. The van der Waals surface area contributed by atoms with Crippen LogP contribution in [0.5, 0.6) is 5.75 Å². The standard InChI is InChI=1S/C14H11BrN2O2S2/c1-19-8-2-3-9-10(6-8)17-14(16-9)20-7-11(18)12-4-5-13(15)21-12/h2-6H,7H2,1H3,(H,16,17). The van der Waals surface area contributed by atoms with E-state index < -0.39 is 0 Å². The highest BCUT2D eigenvalue weighted by Crippen LogP contribution is 2.26. The molecule has 0 radical (unpaired) electrons. The molecule has 21 heavy (non-hydrogen) atoms. The van der Waals surface area contributed by atoms with E-state index in [9.17, 15) is 4.79 Å². The van der Waals surface area contributed by atoms with Crippen LogP contribution in [0.25, 0.3) is 11.0 Å². The van der Waals surface area contributed by atoms with Gasteiger partial charge in [-0.1, -0.05) is 11.8 Å². The fraction of sp³-hybridized carbons (Fsp3) is 0.143. The lowest BCUT2D eigenvalue weighted by Gasteiger charge is -1.96. The first kappa shape index (κ1) is 14.6. The average Bonchev–Trinajstić information content (AvgIpc) is 3.09. The van der Waals surface area contributed by atoms with Crippen molar-refractivity contribution in [2.45, 2.75) is 5.16 Å². The van der Waals surface area contributed by atoms with Gasteiger partial charge >= 0.3 is 0 Å². The number of nitrogens with one attached hydrogen (secondary N) is 1. The van der Waals surface area contributed by atoms with Crippen molar-refractivity contribution in [3.05, 3.63) is 39.0 Å². The second kappa shape index (κ2) is 6.21. The molecule has 0 unspecified atom stereocenters. The van der Waals surface area contributed by atoms with E-state index in [1.54, 1.807) is 7.11 Å². The van der Waals surface area contributed by atoms with Crippen LogP contribution in [0.4, 0.5) is 0 Å². The van der Waals surface area contributed by atoms with Crippen LogP contribution in [-0.2, 0) is 0 Å². The number of H-pyrrole nitrogens is 1. The molecule has 1 aromatic carbocycles. The fourth-order valence-corrected chi connectivity index (χ4v) is 4.01. The molecule has 0 atom stereocenters. The Morgan fingerprint density at radius 3 is 3.00 bits per heavy atom. The van der Waals surface area contributed by atoms with Crippen LogP contribution < -0.4 is 4.74 Å². The molecule has 0 aliphatic heterocycles. The molecule has 0 spiro atoms. The summed E-state index contributed by atoms with van der Waals surface area (Å²) in [6, 6.07) is 9.38. The molecule has 3 aromatic rings. The van der Waals surface area contributed by atoms with Crippen LogP contribution >= 0.6 is 39.0 Å². The van der Waals surface area contributed by atoms with Gasteiger partial charge in [0, 0.05) is 6.07 Å². The molecule has 2 aromatic heterocycles. The number of benzene rings is 1. The number of aromatic amines is 1. The summed E-state index contributed by atoms with van der Waals surface area (Å²) in [5.41, 5.74) is 1.77. The van der Waals surface area contributed by atoms with Crippen molar-refractivity contribution in [3.63, 3.8) is 0 Å². The zero-order chi connectivity index (χ0) is 14.8. The van der Waals surface area contributed by atoms with Gasteiger partial charge in [0.05, 0.1) is 32.6 Å². The van der Waals surface area contributed by atoms with E-state index in [0.29, 0.717) is 5.75 Å². The van der Waals surface area contributed by atoms with Crippen LogP contribution in [0.3, 0.4) is 0 Å². The van der Waals surface area contributed by atoms with E-state index in [-0.39, 0.29) is 5.78 Å². The normalized spacial score (nSPS) is 11.0. The number of ether oxygens (including phenoxy) is 1. The number of hydrogen-bond acceptors (Lipinski definition) is 5. The van der Waals surface area contributed by atoms with Crippen molar-refractivity contribution in [1.82, 2.24) is 9.97 Å². The van der Waals surface area contributed by atoms with Gasteiger partial charge in [0.25, 0.3) is 0 Å². The predicted molar refractivity (Wildman–Crippen MR) is 89.7 cm³/mol. The van der Waals surface area contributed by atoms with E-state index in [2.05, 4.69) is 25.9 Å². The number of thiophene rings is 1. The first-order valence-electron chi connectivity index (χ1n) is 6.11. The van der Waals surface area contributed by atoms with Gasteiger partial charge in [-0.15, -0.1) is 11.3 Å². The number of carbonyl (C=O) groups is 1. The number of carbonyl (C=O) groups excluding carboxylic acids is 1. The lowest BCUT2D eigenvalue weighted by atomic mass is 10.3. The Labute approximate surface area is 138 Å². The third-order valence-corrected chi connectivity index (χ3v) is 5.39. The summed E-state index contributed by atoms with van der Waals surface area (Å²) in [6.07, 6.45) is 0. The number of aromatic nitrogens is 2. The second-order valence-corrected chi connectivity index (χ2v) is 7.67. The maximum absolute atomic E-state index is 12.1. The Bertz CT molecular complexity index is 797. The van der Waals surface area contributed by atoms with Crippen LogP contribution in [0.1, 0.15) is 9.67 Å². The third kappa shape index (κ3) is 3.30. The summed E-state index contributed by atoms with van der Waals surface area (Å²) in [5.74, 6) is 1.25. The van der Waals surface area contributed by atoms with Crippen molar-refractivity contribution < 1.29 is 9.53 Å². The first-order valence-corrected chi connectivity index (χ1v) is 8.70. The lowest BCUT2D eigenvalue weighted by molar-refractivity contribution is 0.102. The highest BCUT2D eigenvalue weighted by Gasteiger charge is 2.11. The van der Waals surface area contributed by atoms with E-state index in [1.807, 2.05) is 30.3 Å². The van der Waals surface area contributed by atoms with E-state index in [0.717, 1.165) is 30.6 Å². The number of methoxy groups -OCH3 is 1. The largest absolute Gasteiger partial charge is 0.497 e. The summed E-state index contributed by atoms with van der Waals surface area (Å²) in [7, 11) is 1.63. The monoisotopic (exact) mass is 382 g/mol. The Kier molecular flexibility index (Phi) is 4.32. The molecular weight excluding hydrogens is 372 g/mol. The average molecular weight is 383 g/mol. The van der Waals surface area contributed by atoms with Gasteiger partial charge in [0.15, 0.2) is 10.9 Å². The van der Waals surface area contributed by atoms with Crippen LogP contribution in [0.15, 0.2) is 39.3 Å². The Balaban J connectivity index is 1.71. The van der Waals surface area contributed by atoms with Crippen LogP contribution in [-0.4, -0.2) is 28.6 Å². The number of nitrogens with zero attached hydrogens (tertiary/aromatic N) is 1. The molecule has 0 saturated carbocycles. The molecule has 4 nitrogen and oxygen atoms in total. The number of thioether (sulfide) groups is 1. The molecule has 0 saturated heterocycles. The van der Waals surface area contributed by atoms with Gasteiger partial charge in [-0.25, -0.2) is 4.98 Å². The molecule has 0 fully saturated rings. The van der Waals surface area contributed by atoms with Crippen molar-refractivity contribution in [1.29, 1.82) is 0 Å². The van der Waals surface area contributed by atoms with E-state index >= 15 is 0 Å². The quantitative estimate of drug-likeness (QED) is 0.525. The Morgan fingerprint density at radius 2 is 2.29 bits per heavy atom. The molecule has 0 amide bonds. The highest BCUT2D eigenvalue weighted by atomic mass is 79.9. The summed E-state index contributed by atoms with van der Waals surface area (Å²) in [6.45, 7) is 0. The molecule has 2 heterocycles. The number of rotatable bonds is 5. The van der Waals surface area contributed by atoms with Crippen LogP contribution in [0.2, 0.25) is 0 Å². The van der Waals surface area contributed by atoms with Gasteiger partial charge in [-0.05, 0) is 40.2 Å². The molecule has 108 valence electrons. The maximum Gasteiger partial charge on any atom is 0.183 e. The molecule has 0 aliphatic carbocycles. The van der Waals surface area contributed by atoms with Crippen molar-refractivity contribution in [2.75, 3.05) is 12.9 Å². The number of hydrogen-bond donors (Lipinski definition) is 1. The third-order valence-electron chi connectivity index (χ3n) is 2.86. The summed E-state index contributed by atoms with van der Waals surface area (Å²) < 4.78 is 6.14. The lowest BCUT2D eigenvalue weighted by Crippen LogP contribution is -1.99. The minimum absolute atomic E-state index is 0.105. The van der Waals surface area contributed by atoms with Crippen molar-refractivity contribution in [2.24, 2.45) is 0 Å². The minimum Gasteiger partial charge on any atom is -0.497 e. The number of halogens is 1. The maximum atomic E-state index is 12.1. The van der Waals surface area contributed by atoms with Gasteiger partial charge in [0.1, 0.15) is 5.75 Å². The summed E-state index contributed by atoms with van der Waals surface area (Å²) in [4.78, 5) is 20.5. The minimum atomic E-state index is 0.105. The predicted octanol–water partition coefficient (Wildman–Crippen LogP) is 4.37. The van der Waals surface area contributed by atoms with Gasteiger partial charge in [0.2, 0.25) is 0 Å². The van der Waals surface area contributed by atoms with E-state index in [4.69, 9.17) is 4.74 Å². The smallest absolute Gasteiger partial charge is 0.183 e. The molecule has 3 rings (SSSR count). The Hall–Kier alpha value is -1.31. The zero-order valence-electron chi connectivity index (χ0n) is 11.1. The number of ketones is 1. The first-order chi connectivity index (χ1) is 10.2. The number of fused-ring (bicyclic) bond motifs is 1. The van der Waals surface area contributed by atoms with Gasteiger partial charge in [-0.2, -0.15) is 0 Å². The van der Waals surface area contributed by atoms with Gasteiger partial charge < -0.3 is 9.72 Å². The van der Waals surface area contributed by atoms with E-state index in [1.165, 1.54) is 23.1 Å². The van der Waals surface area contributed by atoms with Crippen molar-refractivity contribution >= 4 is 55.8 Å². The molecular formula is C14H11BrN2O2S2. The fourth-order valence-electron chi connectivity index (χ4n) is 1.83. The zero-order valence-corrected chi connectivity index (χ0v) is 14.3. The molecule has 0 aliphatic rings. The second-order valence-electron chi connectivity index (χ2n) is 4.24. The molecule has 1 N–H and O–H groups in total.